The van der Waals surface area contributed by atoms with E-state index in [1.54, 1.807) is 36.4 Å². The number of benzene rings is 2. The highest BCUT2D eigenvalue weighted by Crippen LogP contribution is 2.39. The molecule has 0 aromatic heterocycles. The Kier molecular flexibility index (Phi) is 7.46. The van der Waals surface area contributed by atoms with Crippen molar-refractivity contribution in [2.24, 2.45) is 0 Å². The Morgan fingerprint density at radius 1 is 1.31 bits per heavy atom. The molecule has 1 heterocycles. The summed E-state index contributed by atoms with van der Waals surface area (Å²) in [6.07, 6.45) is -0.0871. The number of nitro benzene ring substituents is 1. The number of rotatable bonds is 8. The van der Waals surface area contributed by atoms with Crippen molar-refractivity contribution in [3.05, 3.63) is 74.8 Å². The lowest BCUT2D eigenvalue weighted by atomic mass is 9.86. The molecule has 0 spiro atoms. The summed E-state index contributed by atoms with van der Waals surface area (Å²) >= 11 is 1.00. The second kappa shape index (κ2) is 10.5. The second-order valence-corrected chi connectivity index (χ2v) is 7.76. The minimum absolute atomic E-state index is 0.0579. The Labute approximate surface area is 188 Å². The molecule has 1 aliphatic rings. The number of ether oxygens (including phenoxy) is 1. The summed E-state index contributed by atoms with van der Waals surface area (Å²) in [6, 6.07) is 15.0. The summed E-state index contributed by atoms with van der Waals surface area (Å²) in [5.74, 6) is -0.827. The molecule has 0 radical (unpaired) electrons. The number of nitriles is 1. The molecule has 1 unspecified atom stereocenters. The first kappa shape index (κ1) is 22.8. The number of carbonyl (C=O) groups is 2. The number of nitro groups is 1. The molecule has 0 fully saturated rings. The third-order valence-corrected chi connectivity index (χ3v) is 5.68. The first-order valence-electron chi connectivity index (χ1n) is 9.75. The molecular weight excluding hydrogens is 432 g/mol. The lowest BCUT2D eigenvalue weighted by molar-refractivity contribution is -0.385. The van der Waals surface area contributed by atoms with E-state index in [-0.39, 0.29) is 40.3 Å². The maximum Gasteiger partial charge on any atom is 0.273 e. The predicted molar refractivity (Wildman–Crippen MR) is 120 cm³/mol. The van der Waals surface area contributed by atoms with E-state index in [1.807, 2.05) is 6.92 Å². The molecule has 32 heavy (non-hydrogen) atoms. The van der Waals surface area contributed by atoms with Gasteiger partial charge in [0.25, 0.3) is 5.69 Å². The van der Waals surface area contributed by atoms with Gasteiger partial charge < -0.3 is 15.4 Å². The lowest BCUT2D eigenvalue weighted by Gasteiger charge is -2.24. The fourth-order valence-corrected chi connectivity index (χ4v) is 4.16. The van der Waals surface area contributed by atoms with Crippen molar-refractivity contribution in [3.63, 3.8) is 0 Å². The molecule has 1 atom stereocenters. The normalized spacial score (nSPS) is 15.5. The van der Waals surface area contributed by atoms with Crippen LogP contribution in [0.2, 0.25) is 0 Å². The highest BCUT2D eigenvalue weighted by molar-refractivity contribution is 8.03. The van der Waals surface area contributed by atoms with Gasteiger partial charge in [-0.05, 0) is 31.2 Å². The zero-order chi connectivity index (χ0) is 23.1. The summed E-state index contributed by atoms with van der Waals surface area (Å²) < 4.78 is 5.36. The SMILES string of the molecule is CCOc1ccc(NC(=O)CSC2=C(C#N)C(c3ccccc3[N+](=O)[O-])CC(=O)N2)cc1. The lowest BCUT2D eigenvalue weighted by Crippen LogP contribution is -2.31. The van der Waals surface area contributed by atoms with Crippen LogP contribution in [-0.2, 0) is 9.59 Å². The summed E-state index contributed by atoms with van der Waals surface area (Å²) in [6.45, 7) is 2.42. The van der Waals surface area contributed by atoms with E-state index in [0.717, 1.165) is 11.8 Å². The molecular formula is C22H20N4O5S. The minimum Gasteiger partial charge on any atom is -0.494 e. The smallest absolute Gasteiger partial charge is 0.273 e. The van der Waals surface area contributed by atoms with Gasteiger partial charge in [-0.15, -0.1) is 0 Å². The highest BCUT2D eigenvalue weighted by Gasteiger charge is 2.33. The van der Waals surface area contributed by atoms with E-state index in [1.165, 1.54) is 12.1 Å². The van der Waals surface area contributed by atoms with E-state index in [4.69, 9.17) is 4.74 Å². The molecule has 2 amide bonds. The average molecular weight is 452 g/mol. The quantitative estimate of drug-likeness (QED) is 0.460. The van der Waals surface area contributed by atoms with Crippen LogP contribution in [0, 0.1) is 21.4 Å². The maximum absolute atomic E-state index is 12.4. The minimum atomic E-state index is -0.757. The van der Waals surface area contributed by atoms with Crippen molar-refractivity contribution in [2.75, 3.05) is 17.7 Å². The van der Waals surface area contributed by atoms with Crippen LogP contribution in [0.4, 0.5) is 11.4 Å². The number of anilines is 1. The van der Waals surface area contributed by atoms with Gasteiger partial charge in [-0.25, -0.2) is 0 Å². The van der Waals surface area contributed by atoms with Crippen molar-refractivity contribution in [1.82, 2.24) is 5.32 Å². The van der Waals surface area contributed by atoms with E-state index in [9.17, 15) is 25.0 Å². The maximum atomic E-state index is 12.4. The topological polar surface area (TPSA) is 134 Å². The Morgan fingerprint density at radius 2 is 2.03 bits per heavy atom. The largest absolute Gasteiger partial charge is 0.494 e. The van der Waals surface area contributed by atoms with Gasteiger partial charge in [0.2, 0.25) is 11.8 Å². The number of amides is 2. The molecule has 0 aliphatic carbocycles. The molecule has 1 aliphatic heterocycles. The fraction of sp³-hybridized carbons (Fsp3) is 0.227. The number of hydrogen-bond donors (Lipinski definition) is 2. The predicted octanol–water partition coefficient (Wildman–Crippen LogP) is 3.70. The average Bonchev–Trinajstić information content (AvgIpc) is 2.78. The highest BCUT2D eigenvalue weighted by atomic mass is 32.2. The first-order chi connectivity index (χ1) is 15.4. The van der Waals surface area contributed by atoms with E-state index < -0.39 is 10.8 Å². The number of para-hydroxylation sites is 1. The monoisotopic (exact) mass is 452 g/mol. The summed E-state index contributed by atoms with van der Waals surface area (Å²) in [5.41, 5.74) is 0.912. The molecule has 0 saturated carbocycles. The van der Waals surface area contributed by atoms with Crippen LogP contribution < -0.4 is 15.4 Å². The molecule has 10 heteroatoms. The van der Waals surface area contributed by atoms with Gasteiger partial charge in [0, 0.05) is 29.7 Å². The molecule has 2 N–H and O–H groups in total. The Bertz CT molecular complexity index is 1110. The third kappa shape index (κ3) is 5.44. The van der Waals surface area contributed by atoms with Gasteiger partial charge in [0.15, 0.2) is 0 Å². The molecule has 2 aromatic rings. The molecule has 2 aromatic carbocycles. The van der Waals surface area contributed by atoms with E-state index >= 15 is 0 Å². The van der Waals surface area contributed by atoms with Gasteiger partial charge in [-0.3, -0.25) is 19.7 Å². The Morgan fingerprint density at radius 3 is 2.69 bits per heavy atom. The first-order valence-corrected chi connectivity index (χ1v) is 10.7. The third-order valence-electron chi connectivity index (χ3n) is 4.66. The number of nitrogens with zero attached hydrogens (tertiary/aromatic N) is 2. The van der Waals surface area contributed by atoms with E-state index in [2.05, 4.69) is 16.7 Å². The Hall–Kier alpha value is -3.84. The van der Waals surface area contributed by atoms with Crippen LogP contribution in [0.25, 0.3) is 0 Å². The van der Waals surface area contributed by atoms with Gasteiger partial charge in [0.05, 0.1) is 34.0 Å². The zero-order valence-electron chi connectivity index (χ0n) is 17.2. The van der Waals surface area contributed by atoms with Crippen LogP contribution in [-0.4, -0.2) is 29.1 Å². The van der Waals surface area contributed by atoms with Crippen LogP contribution in [0.5, 0.6) is 5.75 Å². The van der Waals surface area contributed by atoms with Gasteiger partial charge in [-0.2, -0.15) is 5.26 Å². The Balaban J connectivity index is 1.75. The molecule has 9 nitrogen and oxygen atoms in total. The van der Waals surface area contributed by atoms with Crippen LogP contribution >= 0.6 is 11.8 Å². The standard InChI is InChI=1S/C22H20N4O5S/c1-2-31-15-9-7-14(8-10-15)24-21(28)13-32-22-18(12-23)17(11-20(27)25-22)16-5-3-4-6-19(16)26(29)30/h3-10,17H,2,11,13H2,1H3,(H,24,28)(H,25,27). The van der Waals surface area contributed by atoms with Gasteiger partial charge in [-0.1, -0.05) is 30.0 Å². The fourth-order valence-electron chi connectivity index (χ4n) is 3.28. The van der Waals surface area contributed by atoms with Crippen molar-refractivity contribution in [1.29, 1.82) is 5.26 Å². The van der Waals surface area contributed by atoms with Crippen molar-refractivity contribution < 1.29 is 19.2 Å². The number of thioether (sulfide) groups is 1. The number of allylic oxidation sites excluding steroid dienone is 1. The number of hydrogen-bond acceptors (Lipinski definition) is 7. The van der Waals surface area contributed by atoms with Gasteiger partial charge >= 0.3 is 0 Å². The summed E-state index contributed by atoms with van der Waals surface area (Å²) in [7, 11) is 0. The summed E-state index contributed by atoms with van der Waals surface area (Å²) in [4.78, 5) is 35.5. The van der Waals surface area contributed by atoms with Crippen molar-refractivity contribution >= 4 is 35.0 Å². The second-order valence-electron chi connectivity index (χ2n) is 6.77. The van der Waals surface area contributed by atoms with E-state index in [0.29, 0.717) is 23.6 Å². The van der Waals surface area contributed by atoms with Crippen molar-refractivity contribution in [2.45, 2.75) is 19.3 Å². The molecule has 0 saturated heterocycles. The molecule has 0 bridgehead atoms. The van der Waals surface area contributed by atoms with Crippen LogP contribution in [0.15, 0.2) is 59.1 Å². The number of nitrogens with one attached hydrogen (secondary N) is 2. The number of carbonyl (C=O) groups excluding carboxylic acids is 2. The van der Waals surface area contributed by atoms with Crippen molar-refractivity contribution in [3.8, 4) is 11.8 Å². The van der Waals surface area contributed by atoms with Gasteiger partial charge in [0.1, 0.15) is 5.75 Å². The van der Waals surface area contributed by atoms with Crippen LogP contribution in [0.1, 0.15) is 24.8 Å². The molecule has 3 rings (SSSR count). The molecule has 164 valence electrons. The van der Waals surface area contributed by atoms with Crippen LogP contribution in [0.3, 0.4) is 0 Å². The summed E-state index contributed by atoms with van der Waals surface area (Å²) in [5, 5.41) is 26.7. The zero-order valence-corrected chi connectivity index (χ0v) is 18.0.